The Kier molecular flexibility index (Phi) is 8.34. The molecule has 26 heavy (non-hydrogen) atoms. The van der Waals surface area contributed by atoms with E-state index in [0.29, 0.717) is 19.2 Å². The van der Waals surface area contributed by atoms with Crippen LogP contribution < -0.4 is 25.0 Å². The summed E-state index contributed by atoms with van der Waals surface area (Å²) in [5.74, 6) is 2.50. The van der Waals surface area contributed by atoms with Gasteiger partial charge in [0, 0.05) is 56.7 Å². The molecule has 1 aliphatic heterocycles. The Hall–Kier alpha value is -2.15. The van der Waals surface area contributed by atoms with Gasteiger partial charge in [0.2, 0.25) is 0 Å². The Labute approximate surface area is 156 Å². The van der Waals surface area contributed by atoms with Crippen molar-refractivity contribution in [3.05, 3.63) is 18.2 Å². The summed E-state index contributed by atoms with van der Waals surface area (Å²) in [5, 5.41) is 6.84. The standard InChI is InChI=1S/C19H32N4O3/c1-5-20-19(21-8-11-24-2)22-15-6-9-23(10-7-15)16-12-17(25-3)14-18(13-16)26-4/h12-15H,5-11H2,1-4H3,(H2,20,21,22). The molecule has 0 bridgehead atoms. The van der Waals surface area contributed by atoms with Crippen molar-refractivity contribution in [1.29, 1.82) is 0 Å². The Balaban J connectivity index is 1.92. The fourth-order valence-electron chi connectivity index (χ4n) is 3.02. The molecule has 1 aromatic carbocycles. The topological polar surface area (TPSA) is 67.4 Å². The van der Waals surface area contributed by atoms with Crippen LogP contribution in [-0.2, 0) is 4.74 Å². The summed E-state index contributed by atoms with van der Waals surface area (Å²) in [7, 11) is 5.05. The highest BCUT2D eigenvalue weighted by molar-refractivity contribution is 5.80. The minimum Gasteiger partial charge on any atom is -0.497 e. The summed E-state index contributed by atoms with van der Waals surface area (Å²) < 4.78 is 15.8. The summed E-state index contributed by atoms with van der Waals surface area (Å²) in [6, 6.07) is 6.44. The van der Waals surface area contributed by atoms with Crippen molar-refractivity contribution in [2.45, 2.75) is 25.8 Å². The number of nitrogens with one attached hydrogen (secondary N) is 2. The van der Waals surface area contributed by atoms with Gasteiger partial charge < -0.3 is 29.7 Å². The van der Waals surface area contributed by atoms with E-state index in [2.05, 4.69) is 39.6 Å². The van der Waals surface area contributed by atoms with E-state index in [1.54, 1.807) is 21.3 Å². The van der Waals surface area contributed by atoms with Crippen LogP contribution in [0.3, 0.4) is 0 Å². The predicted octanol–water partition coefficient (Wildman–Crippen LogP) is 1.87. The van der Waals surface area contributed by atoms with Gasteiger partial charge in [-0.15, -0.1) is 0 Å². The molecule has 2 rings (SSSR count). The van der Waals surface area contributed by atoms with Crippen LogP contribution in [0.2, 0.25) is 0 Å². The molecule has 1 aliphatic rings. The molecular weight excluding hydrogens is 332 g/mol. The highest BCUT2D eigenvalue weighted by Gasteiger charge is 2.21. The monoisotopic (exact) mass is 364 g/mol. The molecule has 1 fully saturated rings. The Morgan fingerprint density at radius 1 is 1.12 bits per heavy atom. The number of nitrogens with zero attached hydrogens (tertiary/aromatic N) is 2. The molecule has 146 valence electrons. The molecule has 0 aliphatic carbocycles. The lowest BCUT2D eigenvalue weighted by Crippen LogP contribution is -2.48. The first-order valence-electron chi connectivity index (χ1n) is 9.22. The lowest BCUT2D eigenvalue weighted by Gasteiger charge is -2.34. The summed E-state index contributed by atoms with van der Waals surface area (Å²) in [5.41, 5.74) is 1.14. The SMILES string of the molecule is CCNC(=NCCOC)NC1CCN(c2cc(OC)cc(OC)c2)CC1. The fourth-order valence-corrected chi connectivity index (χ4v) is 3.02. The van der Waals surface area contributed by atoms with Crippen molar-refractivity contribution in [3.63, 3.8) is 0 Å². The summed E-state index contributed by atoms with van der Waals surface area (Å²) >= 11 is 0. The highest BCUT2D eigenvalue weighted by Crippen LogP contribution is 2.30. The Morgan fingerprint density at radius 2 is 1.77 bits per heavy atom. The van der Waals surface area contributed by atoms with E-state index in [9.17, 15) is 0 Å². The first-order chi connectivity index (χ1) is 12.7. The number of rotatable bonds is 8. The van der Waals surface area contributed by atoms with Crippen molar-refractivity contribution in [2.75, 3.05) is 59.0 Å². The predicted molar refractivity (Wildman–Crippen MR) is 106 cm³/mol. The number of piperidine rings is 1. The van der Waals surface area contributed by atoms with Crippen molar-refractivity contribution >= 4 is 11.6 Å². The third-order valence-electron chi connectivity index (χ3n) is 4.45. The van der Waals surface area contributed by atoms with Gasteiger partial charge in [-0.25, -0.2) is 0 Å². The molecule has 1 saturated heterocycles. The van der Waals surface area contributed by atoms with Crippen LogP contribution in [0.4, 0.5) is 5.69 Å². The Morgan fingerprint density at radius 3 is 2.31 bits per heavy atom. The van der Waals surface area contributed by atoms with Gasteiger partial charge in [-0.05, 0) is 19.8 Å². The summed E-state index contributed by atoms with van der Waals surface area (Å²) in [6.07, 6.45) is 2.10. The van der Waals surface area contributed by atoms with E-state index in [1.807, 2.05) is 6.07 Å². The molecule has 0 radical (unpaired) electrons. The van der Waals surface area contributed by atoms with Gasteiger partial charge in [-0.1, -0.05) is 0 Å². The molecule has 0 amide bonds. The first-order valence-corrected chi connectivity index (χ1v) is 9.22. The molecule has 0 spiro atoms. The quantitative estimate of drug-likeness (QED) is 0.417. The molecule has 1 aromatic rings. The second kappa shape index (κ2) is 10.8. The number of anilines is 1. The molecule has 1 heterocycles. The number of aliphatic imine (C=N–C) groups is 1. The number of benzene rings is 1. The van der Waals surface area contributed by atoms with Gasteiger partial charge in [0.1, 0.15) is 11.5 Å². The zero-order chi connectivity index (χ0) is 18.8. The van der Waals surface area contributed by atoms with Crippen LogP contribution in [0.15, 0.2) is 23.2 Å². The largest absolute Gasteiger partial charge is 0.497 e. The van der Waals surface area contributed by atoms with E-state index in [0.717, 1.165) is 55.6 Å². The minimum atomic E-state index is 0.416. The van der Waals surface area contributed by atoms with Crippen LogP contribution in [-0.4, -0.2) is 66.1 Å². The second-order valence-electron chi connectivity index (χ2n) is 6.23. The van der Waals surface area contributed by atoms with E-state index in [4.69, 9.17) is 14.2 Å². The zero-order valence-corrected chi connectivity index (χ0v) is 16.4. The molecule has 2 N–H and O–H groups in total. The van der Waals surface area contributed by atoms with Gasteiger partial charge in [-0.3, -0.25) is 4.99 Å². The van der Waals surface area contributed by atoms with Crippen LogP contribution in [0.5, 0.6) is 11.5 Å². The average Bonchev–Trinajstić information content (AvgIpc) is 2.68. The van der Waals surface area contributed by atoms with Crippen molar-refractivity contribution < 1.29 is 14.2 Å². The van der Waals surface area contributed by atoms with E-state index in [-0.39, 0.29) is 0 Å². The summed E-state index contributed by atoms with van der Waals surface area (Å²) in [4.78, 5) is 6.92. The maximum atomic E-state index is 5.38. The van der Waals surface area contributed by atoms with Crippen LogP contribution >= 0.6 is 0 Å². The lowest BCUT2D eigenvalue weighted by atomic mass is 10.0. The number of hydrogen-bond donors (Lipinski definition) is 2. The van der Waals surface area contributed by atoms with Gasteiger partial charge >= 0.3 is 0 Å². The Bertz CT molecular complexity index is 550. The number of ether oxygens (including phenoxy) is 3. The maximum Gasteiger partial charge on any atom is 0.191 e. The molecule has 0 atom stereocenters. The molecular formula is C19H32N4O3. The third kappa shape index (κ3) is 5.98. The van der Waals surface area contributed by atoms with Gasteiger partial charge in [0.05, 0.1) is 27.4 Å². The number of hydrogen-bond acceptors (Lipinski definition) is 5. The van der Waals surface area contributed by atoms with E-state index >= 15 is 0 Å². The van der Waals surface area contributed by atoms with Crippen LogP contribution in [0.25, 0.3) is 0 Å². The van der Waals surface area contributed by atoms with Crippen molar-refractivity contribution in [2.24, 2.45) is 4.99 Å². The van der Waals surface area contributed by atoms with Gasteiger partial charge in [0.25, 0.3) is 0 Å². The smallest absolute Gasteiger partial charge is 0.191 e. The van der Waals surface area contributed by atoms with Crippen LogP contribution in [0.1, 0.15) is 19.8 Å². The minimum absolute atomic E-state index is 0.416. The average molecular weight is 364 g/mol. The zero-order valence-electron chi connectivity index (χ0n) is 16.4. The van der Waals surface area contributed by atoms with Crippen molar-refractivity contribution in [3.8, 4) is 11.5 Å². The normalized spacial score (nSPS) is 15.7. The molecule has 0 aromatic heterocycles. The van der Waals surface area contributed by atoms with Crippen LogP contribution in [0, 0.1) is 0 Å². The first kappa shape index (κ1) is 20.2. The molecule has 0 unspecified atom stereocenters. The molecule has 7 nitrogen and oxygen atoms in total. The summed E-state index contributed by atoms with van der Waals surface area (Å²) in [6.45, 7) is 6.17. The van der Waals surface area contributed by atoms with Gasteiger partial charge in [-0.2, -0.15) is 0 Å². The third-order valence-corrected chi connectivity index (χ3v) is 4.45. The van der Waals surface area contributed by atoms with Gasteiger partial charge in [0.15, 0.2) is 5.96 Å². The highest BCUT2D eigenvalue weighted by atomic mass is 16.5. The number of methoxy groups -OCH3 is 3. The molecule has 0 saturated carbocycles. The molecule has 7 heteroatoms. The maximum absolute atomic E-state index is 5.38. The van der Waals surface area contributed by atoms with Crippen molar-refractivity contribution in [1.82, 2.24) is 10.6 Å². The second-order valence-corrected chi connectivity index (χ2v) is 6.23. The van der Waals surface area contributed by atoms with E-state index < -0.39 is 0 Å². The fraction of sp³-hybridized carbons (Fsp3) is 0.632. The number of guanidine groups is 1. The van der Waals surface area contributed by atoms with E-state index in [1.165, 1.54) is 0 Å². The lowest BCUT2D eigenvalue weighted by molar-refractivity contribution is 0.207.